The summed E-state index contributed by atoms with van der Waals surface area (Å²) in [5, 5.41) is 8.77. The Kier molecular flexibility index (Phi) is 8.22. The Morgan fingerprint density at radius 2 is 1.53 bits per heavy atom. The number of methoxy groups -OCH3 is 2. The van der Waals surface area contributed by atoms with Crippen molar-refractivity contribution in [2.24, 2.45) is 0 Å². The number of hydrogen-bond donors (Lipinski definition) is 1. The first kappa shape index (κ1) is 23.3. The number of benzene rings is 3. The molecule has 0 unspecified atom stereocenters. The summed E-state index contributed by atoms with van der Waals surface area (Å²) >= 11 is 1.71. The normalized spacial score (nSPS) is 10.3. The Hall–Kier alpha value is -3.38. The summed E-state index contributed by atoms with van der Waals surface area (Å²) in [5.41, 5.74) is 4.25. The molecule has 3 aromatic rings. The molecule has 0 radical (unpaired) electrons. The van der Waals surface area contributed by atoms with E-state index < -0.39 is 5.97 Å². The average Bonchev–Trinajstić information content (AvgIpc) is 2.81. The average molecular weight is 451 g/mol. The fourth-order valence-electron chi connectivity index (χ4n) is 3.22. The van der Waals surface area contributed by atoms with Crippen LogP contribution in [0.2, 0.25) is 0 Å². The number of aliphatic carboxylic acids is 1. The molecule has 0 aliphatic heterocycles. The molecule has 0 saturated heterocycles. The number of ether oxygens (including phenoxy) is 3. The summed E-state index contributed by atoms with van der Waals surface area (Å²) in [6, 6.07) is 21.6. The lowest BCUT2D eigenvalue weighted by atomic mass is 9.97. The molecule has 0 saturated carbocycles. The van der Waals surface area contributed by atoms with Crippen LogP contribution in [-0.2, 0) is 4.79 Å². The van der Waals surface area contributed by atoms with Gasteiger partial charge in [-0.2, -0.15) is 0 Å². The predicted molar refractivity (Wildman–Crippen MR) is 128 cm³/mol. The summed E-state index contributed by atoms with van der Waals surface area (Å²) < 4.78 is 16.1. The molecule has 0 spiro atoms. The molecule has 0 atom stereocenters. The van der Waals surface area contributed by atoms with Crippen molar-refractivity contribution in [1.29, 1.82) is 0 Å². The van der Waals surface area contributed by atoms with Gasteiger partial charge in [0.1, 0.15) is 17.2 Å². The van der Waals surface area contributed by atoms with Crippen molar-refractivity contribution < 1.29 is 24.1 Å². The van der Waals surface area contributed by atoms with E-state index in [1.165, 1.54) is 0 Å². The minimum Gasteiger partial charge on any atom is -0.497 e. The fourth-order valence-corrected chi connectivity index (χ4v) is 4.10. The predicted octanol–water partition coefficient (Wildman–Crippen LogP) is 5.70. The lowest BCUT2D eigenvalue weighted by Gasteiger charge is -2.12. The lowest BCUT2D eigenvalue weighted by molar-refractivity contribution is -0.139. The molecule has 3 aromatic carbocycles. The number of carboxylic acids is 1. The van der Waals surface area contributed by atoms with Crippen molar-refractivity contribution in [3.63, 3.8) is 0 Å². The maximum absolute atomic E-state index is 10.7. The molecule has 0 fully saturated rings. The molecule has 0 heterocycles. The Labute approximate surface area is 192 Å². The zero-order valence-electron chi connectivity index (χ0n) is 18.3. The molecular formula is C26H26O5S. The summed E-state index contributed by atoms with van der Waals surface area (Å²) in [6.07, 6.45) is 2.20. The molecule has 0 aliphatic rings. The van der Waals surface area contributed by atoms with Crippen LogP contribution in [-0.4, -0.2) is 37.7 Å². The first-order valence-electron chi connectivity index (χ1n) is 10.1. The third-order valence-corrected chi connectivity index (χ3v) is 5.90. The third kappa shape index (κ3) is 6.31. The molecule has 0 amide bonds. The van der Waals surface area contributed by atoms with Crippen molar-refractivity contribution in [3.8, 4) is 17.2 Å². The van der Waals surface area contributed by atoms with Gasteiger partial charge in [0.05, 0.1) is 14.2 Å². The van der Waals surface area contributed by atoms with E-state index in [0.29, 0.717) is 5.75 Å². The number of thioether (sulfide) groups is 1. The second-order valence-corrected chi connectivity index (χ2v) is 8.06. The van der Waals surface area contributed by atoms with E-state index in [9.17, 15) is 4.79 Å². The van der Waals surface area contributed by atoms with Gasteiger partial charge >= 0.3 is 5.97 Å². The first-order chi connectivity index (χ1) is 15.5. The highest BCUT2D eigenvalue weighted by Gasteiger charge is 2.09. The fraction of sp³-hybridized carbons (Fsp3) is 0.192. The monoisotopic (exact) mass is 450 g/mol. The van der Waals surface area contributed by atoms with Crippen molar-refractivity contribution in [2.45, 2.75) is 11.8 Å². The Balaban J connectivity index is 1.84. The minimum absolute atomic E-state index is 0.348. The van der Waals surface area contributed by atoms with Crippen LogP contribution >= 0.6 is 11.8 Å². The highest BCUT2D eigenvalue weighted by Crippen LogP contribution is 2.31. The van der Waals surface area contributed by atoms with Gasteiger partial charge in [0.15, 0.2) is 6.61 Å². The van der Waals surface area contributed by atoms with Gasteiger partial charge in [-0.25, -0.2) is 4.79 Å². The van der Waals surface area contributed by atoms with Gasteiger partial charge in [-0.1, -0.05) is 30.3 Å². The van der Waals surface area contributed by atoms with Crippen LogP contribution in [0.3, 0.4) is 0 Å². The number of aryl methyl sites for hydroxylation is 1. The smallest absolute Gasteiger partial charge is 0.341 e. The van der Waals surface area contributed by atoms with E-state index >= 15 is 0 Å². The topological polar surface area (TPSA) is 65.0 Å². The van der Waals surface area contributed by atoms with Crippen LogP contribution < -0.4 is 14.2 Å². The van der Waals surface area contributed by atoms with Gasteiger partial charge in [-0.15, -0.1) is 11.8 Å². The lowest BCUT2D eigenvalue weighted by Crippen LogP contribution is -2.09. The number of carbonyl (C=O) groups is 1. The highest BCUT2D eigenvalue weighted by molar-refractivity contribution is 7.99. The number of hydrogen-bond acceptors (Lipinski definition) is 5. The van der Waals surface area contributed by atoms with E-state index in [0.717, 1.165) is 44.4 Å². The minimum atomic E-state index is -0.992. The van der Waals surface area contributed by atoms with Crippen LogP contribution in [0.25, 0.3) is 5.57 Å². The summed E-state index contributed by atoms with van der Waals surface area (Å²) in [7, 11) is 3.33. The zero-order valence-corrected chi connectivity index (χ0v) is 19.1. The molecule has 5 nitrogen and oxygen atoms in total. The van der Waals surface area contributed by atoms with Crippen LogP contribution in [0, 0.1) is 6.92 Å². The van der Waals surface area contributed by atoms with E-state index in [1.54, 1.807) is 32.0 Å². The maximum atomic E-state index is 10.7. The van der Waals surface area contributed by atoms with Crippen LogP contribution in [0.4, 0.5) is 0 Å². The number of rotatable bonds is 10. The molecule has 0 bridgehead atoms. The SMILES string of the molecule is COc1cccc(C(=CCSc2ccc(OCC(=O)O)cc2C)c2cccc(OC)c2)c1. The molecule has 3 rings (SSSR count). The Morgan fingerprint density at radius 3 is 2.06 bits per heavy atom. The van der Waals surface area contributed by atoms with Gasteiger partial charge in [0.2, 0.25) is 0 Å². The summed E-state index contributed by atoms with van der Waals surface area (Å²) in [4.78, 5) is 11.8. The van der Waals surface area contributed by atoms with E-state index in [1.807, 2.05) is 55.5 Å². The molecule has 166 valence electrons. The van der Waals surface area contributed by atoms with Crippen molar-refractivity contribution in [3.05, 3.63) is 89.5 Å². The maximum Gasteiger partial charge on any atom is 0.341 e. The third-order valence-electron chi connectivity index (χ3n) is 4.80. The van der Waals surface area contributed by atoms with Crippen molar-refractivity contribution >= 4 is 23.3 Å². The Bertz CT molecular complexity index is 1060. The van der Waals surface area contributed by atoms with Crippen molar-refractivity contribution in [1.82, 2.24) is 0 Å². The molecule has 0 aromatic heterocycles. The molecule has 1 N–H and O–H groups in total. The van der Waals surface area contributed by atoms with Gasteiger partial charge in [0, 0.05) is 10.6 Å². The van der Waals surface area contributed by atoms with Crippen LogP contribution in [0.15, 0.2) is 77.7 Å². The second kappa shape index (κ2) is 11.3. The van der Waals surface area contributed by atoms with E-state index in [4.69, 9.17) is 19.3 Å². The Morgan fingerprint density at radius 1 is 0.906 bits per heavy atom. The van der Waals surface area contributed by atoms with Gasteiger partial charge < -0.3 is 19.3 Å². The first-order valence-corrected chi connectivity index (χ1v) is 11.1. The largest absolute Gasteiger partial charge is 0.497 e. The van der Waals surface area contributed by atoms with E-state index in [-0.39, 0.29) is 6.61 Å². The molecule has 32 heavy (non-hydrogen) atoms. The zero-order chi connectivity index (χ0) is 22.9. The van der Waals surface area contributed by atoms with Crippen LogP contribution in [0.1, 0.15) is 16.7 Å². The van der Waals surface area contributed by atoms with Gasteiger partial charge in [-0.05, 0) is 71.7 Å². The molecule has 0 aliphatic carbocycles. The molecule has 6 heteroatoms. The van der Waals surface area contributed by atoms with Crippen LogP contribution in [0.5, 0.6) is 17.2 Å². The quantitative estimate of drug-likeness (QED) is 0.400. The summed E-state index contributed by atoms with van der Waals surface area (Å²) in [5.74, 6) is 1.92. The molecular weight excluding hydrogens is 424 g/mol. The number of carboxylic acid groups (broad SMARTS) is 1. The highest BCUT2D eigenvalue weighted by atomic mass is 32.2. The van der Waals surface area contributed by atoms with Gasteiger partial charge in [-0.3, -0.25) is 0 Å². The summed E-state index contributed by atoms with van der Waals surface area (Å²) in [6.45, 7) is 1.64. The van der Waals surface area contributed by atoms with E-state index in [2.05, 4.69) is 18.2 Å². The van der Waals surface area contributed by atoms with Crippen molar-refractivity contribution in [2.75, 3.05) is 26.6 Å². The standard InChI is InChI=1S/C26H26O5S/c1-18-14-23(31-17-26(27)28)10-11-25(18)32-13-12-24(19-6-4-8-21(15-19)29-2)20-7-5-9-22(16-20)30-3/h4-12,14-16H,13,17H2,1-3H3,(H,27,28). The van der Waals surface area contributed by atoms with Gasteiger partial charge in [0.25, 0.3) is 0 Å². The second-order valence-electron chi connectivity index (χ2n) is 7.00.